The van der Waals surface area contributed by atoms with E-state index in [4.69, 9.17) is 4.74 Å². The first-order valence-corrected chi connectivity index (χ1v) is 10.4. The van der Waals surface area contributed by atoms with Gasteiger partial charge in [-0.3, -0.25) is 15.2 Å². The number of fused-ring (bicyclic) bond motifs is 1. The van der Waals surface area contributed by atoms with Crippen molar-refractivity contribution >= 4 is 21.9 Å². The topological polar surface area (TPSA) is 117 Å². The molecule has 0 bridgehead atoms. The van der Waals surface area contributed by atoms with Crippen LogP contribution in [-0.2, 0) is 14.8 Å². The molecule has 1 amide bonds. The van der Waals surface area contributed by atoms with Gasteiger partial charge in [0.25, 0.3) is 0 Å². The highest BCUT2D eigenvalue weighted by atomic mass is 32.2. The largest absolute Gasteiger partial charge is 0.487 e. The molecule has 1 aromatic carbocycles. The van der Waals surface area contributed by atoms with Gasteiger partial charge in [0.05, 0.1) is 18.3 Å². The number of ether oxygens (including phenoxy) is 1. The number of halogens is 1. The van der Waals surface area contributed by atoms with Crippen LogP contribution >= 0.6 is 0 Å². The van der Waals surface area contributed by atoms with Gasteiger partial charge >= 0.3 is 0 Å². The molecule has 0 radical (unpaired) electrons. The lowest BCUT2D eigenvalue weighted by atomic mass is 9.89. The molecule has 11 heteroatoms. The molecule has 0 saturated carbocycles. The zero-order valence-electron chi connectivity index (χ0n) is 15.8. The van der Waals surface area contributed by atoms with Gasteiger partial charge in [0.15, 0.2) is 0 Å². The lowest BCUT2D eigenvalue weighted by molar-refractivity contribution is -0.117. The molecule has 1 aliphatic heterocycles. The summed E-state index contributed by atoms with van der Waals surface area (Å²) >= 11 is 0. The van der Waals surface area contributed by atoms with Gasteiger partial charge in [0, 0.05) is 12.0 Å². The van der Waals surface area contributed by atoms with Crippen molar-refractivity contribution in [2.24, 2.45) is 0 Å². The Hall–Kier alpha value is -2.53. The molecule has 152 valence electrons. The van der Waals surface area contributed by atoms with Crippen LogP contribution in [0.4, 0.5) is 10.3 Å². The number of sulfonamides is 1. The highest BCUT2D eigenvalue weighted by molar-refractivity contribution is 7.89. The number of carbonyl (C=O) groups is 1. The third-order valence-electron chi connectivity index (χ3n) is 4.44. The molecule has 1 unspecified atom stereocenters. The van der Waals surface area contributed by atoms with Crippen LogP contribution in [-0.4, -0.2) is 51.7 Å². The third kappa shape index (κ3) is 4.30. The van der Waals surface area contributed by atoms with Gasteiger partial charge in [0.2, 0.25) is 21.9 Å². The Balaban J connectivity index is 1.98. The standard InChI is InChI=1S/C17H22FN5O4S/c1-4-28(25,26)23(9-15(24)21-16-19-10-20-22-16)13-8-17(2,3)27-14-6-5-11(18)7-12(13)14/h5-7,10,13H,4,8-9H2,1-3H3,(H2,19,20,21,22,24). The van der Waals surface area contributed by atoms with E-state index in [9.17, 15) is 17.6 Å². The minimum Gasteiger partial charge on any atom is -0.487 e. The molecule has 1 aromatic heterocycles. The normalized spacial score (nSPS) is 18.4. The first kappa shape index (κ1) is 20.2. The van der Waals surface area contributed by atoms with E-state index in [0.717, 1.165) is 4.31 Å². The number of aromatic nitrogens is 3. The molecule has 0 saturated heterocycles. The quantitative estimate of drug-likeness (QED) is 0.749. The van der Waals surface area contributed by atoms with Crippen LogP contribution < -0.4 is 10.1 Å². The van der Waals surface area contributed by atoms with Crippen LogP contribution in [0.15, 0.2) is 24.5 Å². The number of anilines is 1. The molecule has 1 aliphatic rings. The van der Waals surface area contributed by atoms with Gasteiger partial charge in [-0.05, 0) is 39.0 Å². The van der Waals surface area contributed by atoms with E-state index in [1.807, 2.05) is 13.8 Å². The first-order valence-electron chi connectivity index (χ1n) is 8.75. The molecule has 0 spiro atoms. The van der Waals surface area contributed by atoms with E-state index in [0.29, 0.717) is 11.3 Å². The molecule has 0 fully saturated rings. The van der Waals surface area contributed by atoms with E-state index >= 15 is 0 Å². The monoisotopic (exact) mass is 411 g/mol. The minimum atomic E-state index is -3.79. The van der Waals surface area contributed by atoms with Crippen molar-refractivity contribution in [3.8, 4) is 5.75 Å². The van der Waals surface area contributed by atoms with Crippen molar-refractivity contribution in [1.29, 1.82) is 0 Å². The Morgan fingerprint density at radius 3 is 2.86 bits per heavy atom. The summed E-state index contributed by atoms with van der Waals surface area (Å²) in [7, 11) is -3.79. The van der Waals surface area contributed by atoms with Gasteiger partial charge in [-0.25, -0.2) is 17.8 Å². The molecule has 1 atom stereocenters. The lowest BCUT2D eigenvalue weighted by Gasteiger charge is -2.41. The highest BCUT2D eigenvalue weighted by Crippen LogP contribution is 2.43. The molecule has 2 aromatic rings. The maximum atomic E-state index is 13.9. The maximum absolute atomic E-state index is 13.9. The van der Waals surface area contributed by atoms with Crippen LogP contribution in [0.5, 0.6) is 5.75 Å². The number of carbonyl (C=O) groups excluding carboxylic acids is 1. The SMILES string of the molecule is CCS(=O)(=O)N(CC(=O)Nc1nc[nH]n1)C1CC(C)(C)Oc2ccc(F)cc21. The second-order valence-corrected chi connectivity index (χ2v) is 9.29. The number of rotatable bonds is 6. The van der Waals surface area contributed by atoms with Gasteiger partial charge < -0.3 is 4.74 Å². The van der Waals surface area contributed by atoms with Crippen molar-refractivity contribution in [3.63, 3.8) is 0 Å². The molecular weight excluding hydrogens is 389 g/mol. The lowest BCUT2D eigenvalue weighted by Crippen LogP contribution is -2.47. The summed E-state index contributed by atoms with van der Waals surface area (Å²) in [5.41, 5.74) is -0.306. The molecule has 28 heavy (non-hydrogen) atoms. The zero-order valence-corrected chi connectivity index (χ0v) is 16.6. The number of amides is 1. The maximum Gasteiger partial charge on any atom is 0.248 e. The van der Waals surface area contributed by atoms with E-state index in [2.05, 4.69) is 20.5 Å². The number of aromatic amines is 1. The average Bonchev–Trinajstić information content (AvgIpc) is 3.12. The second kappa shape index (κ2) is 7.47. The van der Waals surface area contributed by atoms with E-state index in [-0.39, 0.29) is 18.1 Å². The van der Waals surface area contributed by atoms with Gasteiger partial charge in [-0.1, -0.05) is 0 Å². The number of nitrogens with one attached hydrogen (secondary N) is 2. The van der Waals surface area contributed by atoms with Gasteiger partial charge in [0.1, 0.15) is 23.5 Å². The predicted octanol–water partition coefficient (Wildman–Crippen LogP) is 1.84. The Bertz CT molecular complexity index is 962. The fourth-order valence-electron chi connectivity index (χ4n) is 3.19. The Morgan fingerprint density at radius 1 is 1.46 bits per heavy atom. The average molecular weight is 411 g/mol. The van der Waals surface area contributed by atoms with Gasteiger partial charge in [-0.2, -0.15) is 4.31 Å². The zero-order chi connectivity index (χ0) is 20.5. The summed E-state index contributed by atoms with van der Waals surface area (Å²) in [4.78, 5) is 16.2. The molecule has 2 heterocycles. The number of hydrogen-bond donors (Lipinski definition) is 2. The summed E-state index contributed by atoms with van der Waals surface area (Å²) in [5.74, 6) is -0.875. The second-order valence-electron chi connectivity index (χ2n) is 7.08. The summed E-state index contributed by atoms with van der Waals surface area (Å²) in [5, 5.41) is 8.62. The summed E-state index contributed by atoms with van der Waals surface area (Å²) in [6.07, 6.45) is 1.55. The van der Waals surface area contributed by atoms with E-state index in [1.165, 1.54) is 31.5 Å². The third-order valence-corrected chi connectivity index (χ3v) is 6.27. The summed E-state index contributed by atoms with van der Waals surface area (Å²) in [6, 6.07) is 3.23. The van der Waals surface area contributed by atoms with Crippen molar-refractivity contribution < 1.29 is 22.3 Å². The molecule has 9 nitrogen and oxygen atoms in total. The fraction of sp³-hybridized carbons (Fsp3) is 0.471. The highest BCUT2D eigenvalue weighted by Gasteiger charge is 2.41. The predicted molar refractivity (Wildman–Crippen MR) is 99.6 cm³/mol. The van der Waals surface area contributed by atoms with Crippen LogP contribution in [0.2, 0.25) is 0 Å². The van der Waals surface area contributed by atoms with E-state index in [1.54, 1.807) is 0 Å². The van der Waals surface area contributed by atoms with Crippen LogP contribution in [0.25, 0.3) is 0 Å². The number of hydrogen-bond acceptors (Lipinski definition) is 6. The molecule has 0 aliphatic carbocycles. The summed E-state index contributed by atoms with van der Waals surface area (Å²) in [6.45, 7) is 4.67. The van der Waals surface area contributed by atoms with Crippen molar-refractivity contribution in [2.75, 3.05) is 17.6 Å². The van der Waals surface area contributed by atoms with Crippen molar-refractivity contribution in [3.05, 3.63) is 35.9 Å². The summed E-state index contributed by atoms with van der Waals surface area (Å²) < 4.78 is 46.5. The first-order chi connectivity index (χ1) is 13.1. The number of nitrogens with zero attached hydrogens (tertiary/aromatic N) is 3. The molecule has 3 rings (SSSR count). The van der Waals surface area contributed by atoms with Crippen LogP contribution in [0.1, 0.15) is 38.8 Å². The number of benzene rings is 1. The Labute approximate surface area is 162 Å². The fourth-order valence-corrected chi connectivity index (χ4v) is 4.41. The molecular formula is C17H22FN5O4S. The molecule has 2 N–H and O–H groups in total. The van der Waals surface area contributed by atoms with Gasteiger partial charge in [-0.15, -0.1) is 5.10 Å². The Kier molecular flexibility index (Phi) is 5.39. The van der Waals surface area contributed by atoms with Crippen LogP contribution in [0, 0.1) is 5.82 Å². The van der Waals surface area contributed by atoms with E-state index < -0.39 is 39.9 Å². The Morgan fingerprint density at radius 2 is 2.21 bits per heavy atom. The smallest absolute Gasteiger partial charge is 0.248 e. The van der Waals surface area contributed by atoms with Crippen LogP contribution in [0.3, 0.4) is 0 Å². The van der Waals surface area contributed by atoms with Crippen molar-refractivity contribution in [2.45, 2.75) is 38.8 Å². The van der Waals surface area contributed by atoms with Crippen molar-refractivity contribution in [1.82, 2.24) is 19.5 Å². The number of H-pyrrole nitrogens is 1. The minimum absolute atomic E-state index is 0.0394.